The molecule has 0 radical (unpaired) electrons. The molecule has 1 atom stereocenters. The van der Waals surface area contributed by atoms with Gasteiger partial charge in [-0.1, -0.05) is 18.2 Å². The fraction of sp³-hybridized carbons (Fsp3) is 0.316. The molecule has 2 aromatic rings. The molecule has 2 rings (SSSR count). The van der Waals surface area contributed by atoms with E-state index in [0.717, 1.165) is 28.1 Å². The molecular formula is C19H27Cl2N3OS. The molecule has 0 aliphatic carbocycles. The molecule has 0 saturated heterocycles. The Morgan fingerprint density at radius 1 is 1.08 bits per heavy atom. The van der Waals surface area contributed by atoms with Gasteiger partial charge in [-0.2, -0.15) is 12.6 Å². The summed E-state index contributed by atoms with van der Waals surface area (Å²) >= 11 is 4.18. The SMILES string of the molecule is Cc1ccc(C(=O)Nc2cccc(C)c2C)cc1NC[C@@H](N)CS.Cl.Cl. The fourth-order valence-electron chi connectivity index (χ4n) is 2.34. The molecule has 4 nitrogen and oxygen atoms in total. The van der Waals surface area contributed by atoms with Gasteiger partial charge in [-0.15, -0.1) is 24.8 Å². The van der Waals surface area contributed by atoms with E-state index in [1.165, 1.54) is 0 Å². The molecule has 7 heteroatoms. The summed E-state index contributed by atoms with van der Waals surface area (Å²) < 4.78 is 0. The Kier molecular flexibility index (Phi) is 10.7. The summed E-state index contributed by atoms with van der Waals surface area (Å²) in [5.41, 5.74) is 11.6. The molecule has 0 aromatic heterocycles. The monoisotopic (exact) mass is 415 g/mol. The van der Waals surface area contributed by atoms with Crippen LogP contribution >= 0.6 is 37.4 Å². The first-order chi connectivity index (χ1) is 11.4. The lowest BCUT2D eigenvalue weighted by Gasteiger charge is -2.15. The predicted molar refractivity (Wildman–Crippen MR) is 120 cm³/mol. The van der Waals surface area contributed by atoms with E-state index in [0.29, 0.717) is 17.9 Å². The fourth-order valence-corrected chi connectivity index (χ4v) is 2.47. The van der Waals surface area contributed by atoms with Crippen molar-refractivity contribution in [1.29, 1.82) is 0 Å². The quantitative estimate of drug-likeness (QED) is 0.529. The van der Waals surface area contributed by atoms with E-state index in [4.69, 9.17) is 5.73 Å². The number of anilines is 2. The molecule has 0 bridgehead atoms. The number of carbonyl (C=O) groups excluding carboxylic acids is 1. The summed E-state index contributed by atoms with van der Waals surface area (Å²) in [4.78, 5) is 12.6. The summed E-state index contributed by atoms with van der Waals surface area (Å²) in [7, 11) is 0. The summed E-state index contributed by atoms with van der Waals surface area (Å²) in [6.45, 7) is 6.66. The van der Waals surface area contributed by atoms with Crippen molar-refractivity contribution in [2.24, 2.45) is 5.73 Å². The normalized spacial score (nSPS) is 11.0. The third-order valence-corrected chi connectivity index (χ3v) is 4.61. The number of benzene rings is 2. The minimum Gasteiger partial charge on any atom is -0.383 e. The molecule has 1 amide bonds. The summed E-state index contributed by atoms with van der Waals surface area (Å²) in [6.07, 6.45) is 0. The lowest BCUT2D eigenvalue weighted by atomic mass is 10.1. The Bertz CT molecular complexity index is 741. The topological polar surface area (TPSA) is 67.2 Å². The van der Waals surface area contributed by atoms with Crippen LogP contribution in [0.3, 0.4) is 0 Å². The van der Waals surface area contributed by atoms with Crippen molar-refractivity contribution in [3.63, 3.8) is 0 Å². The van der Waals surface area contributed by atoms with Crippen LogP contribution in [0.1, 0.15) is 27.0 Å². The molecule has 0 aliphatic heterocycles. The first-order valence-corrected chi connectivity index (χ1v) is 8.64. The Labute approximate surface area is 173 Å². The van der Waals surface area contributed by atoms with Crippen molar-refractivity contribution < 1.29 is 4.79 Å². The van der Waals surface area contributed by atoms with Gasteiger partial charge in [0.05, 0.1) is 0 Å². The Morgan fingerprint density at radius 3 is 2.42 bits per heavy atom. The lowest BCUT2D eigenvalue weighted by Crippen LogP contribution is -2.30. The minimum absolute atomic E-state index is 0. The highest BCUT2D eigenvalue weighted by molar-refractivity contribution is 7.80. The predicted octanol–water partition coefficient (Wildman–Crippen LogP) is 4.38. The molecule has 26 heavy (non-hydrogen) atoms. The van der Waals surface area contributed by atoms with E-state index in [9.17, 15) is 4.79 Å². The van der Waals surface area contributed by atoms with Gasteiger partial charge in [0.15, 0.2) is 0 Å². The third kappa shape index (κ3) is 6.40. The largest absolute Gasteiger partial charge is 0.383 e. The number of rotatable bonds is 6. The Balaban J connectivity index is 0.00000312. The Hall–Kier alpha value is -1.40. The van der Waals surface area contributed by atoms with Crippen molar-refractivity contribution in [3.8, 4) is 0 Å². The molecule has 0 spiro atoms. The van der Waals surface area contributed by atoms with Crippen LogP contribution in [0.4, 0.5) is 11.4 Å². The second-order valence-electron chi connectivity index (χ2n) is 6.05. The maximum Gasteiger partial charge on any atom is 0.255 e. The number of hydrogen-bond acceptors (Lipinski definition) is 4. The standard InChI is InChI=1S/C19H25N3OS.2ClH/c1-12-5-4-6-17(14(12)3)22-19(23)15-8-7-13(2)18(9-15)21-10-16(20)11-24;;/h4-9,16,21,24H,10-11,20H2,1-3H3,(H,22,23);2*1H/t16-;;/m1../s1. The van der Waals surface area contributed by atoms with Gasteiger partial charge in [-0.05, 0) is 55.7 Å². The second-order valence-corrected chi connectivity index (χ2v) is 6.42. The highest BCUT2D eigenvalue weighted by Crippen LogP contribution is 2.21. The summed E-state index contributed by atoms with van der Waals surface area (Å²) in [5.74, 6) is 0.490. The van der Waals surface area contributed by atoms with Gasteiger partial charge in [0, 0.05) is 35.3 Å². The van der Waals surface area contributed by atoms with E-state index >= 15 is 0 Å². The van der Waals surface area contributed by atoms with Crippen molar-refractivity contribution in [1.82, 2.24) is 0 Å². The zero-order valence-electron chi connectivity index (χ0n) is 15.2. The number of nitrogens with one attached hydrogen (secondary N) is 2. The lowest BCUT2D eigenvalue weighted by molar-refractivity contribution is 0.102. The summed E-state index contributed by atoms with van der Waals surface area (Å²) in [5, 5.41) is 6.28. The number of nitrogens with two attached hydrogens (primary N) is 1. The van der Waals surface area contributed by atoms with Crippen LogP contribution in [0, 0.1) is 20.8 Å². The molecular weight excluding hydrogens is 389 g/mol. The van der Waals surface area contributed by atoms with E-state index < -0.39 is 0 Å². The van der Waals surface area contributed by atoms with Crippen LogP contribution in [0.2, 0.25) is 0 Å². The zero-order valence-corrected chi connectivity index (χ0v) is 17.7. The molecule has 2 aromatic carbocycles. The molecule has 0 fully saturated rings. The molecule has 0 unspecified atom stereocenters. The van der Waals surface area contributed by atoms with E-state index in [1.54, 1.807) is 0 Å². The van der Waals surface area contributed by atoms with Crippen LogP contribution in [0.25, 0.3) is 0 Å². The number of aryl methyl sites for hydroxylation is 2. The van der Waals surface area contributed by atoms with E-state index in [2.05, 4.69) is 23.3 Å². The number of amides is 1. The van der Waals surface area contributed by atoms with Crippen LogP contribution in [0.15, 0.2) is 36.4 Å². The molecule has 0 aliphatic rings. The zero-order chi connectivity index (χ0) is 17.7. The highest BCUT2D eigenvalue weighted by Gasteiger charge is 2.11. The first kappa shape index (κ1) is 24.6. The average Bonchev–Trinajstić information content (AvgIpc) is 2.57. The molecule has 144 valence electrons. The number of thiol groups is 1. The smallest absolute Gasteiger partial charge is 0.255 e. The van der Waals surface area contributed by atoms with Gasteiger partial charge < -0.3 is 16.4 Å². The van der Waals surface area contributed by atoms with Gasteiger partial charge >= 0.3 is 0 Å². The number of halogens is 2. The highest BCUT2D eigenvalue weighted by atomic mass is 35.5. The van der Waals surface area contributed by atoms with Gasteiger partial charge in [0.25, 0.3) is 5.91 Å². The van der Waals surface area contributed by atoms with Gasteiger partial charge in [-0.25, -0.2) is 0 Å². The number of carbonyl (C=O) groups is 1. The first-order valence-electron chi connectivity index (χ1n) is 8.01. The van der Waals surface area contributed by atoms with Crippen LogP contribution in [-0.2, 0) is 0 Å². The van der Waals surface area contributed by atoms with Crippen LogP contribution in [-0.4, -0.2) is 24.2 Å². The van der Waals surface area contributed by atoms with Gasteiger partial charge in [0.2, 0.25) is 0 Å². The van der Waals surface area contributed by atoms with Gasteiger partial charge in [-0.3, -0.25) is 4.79 Å². The van der Waals surface area contributed by atoms with E-state index in [-0.39, 0.29) is 36.8 Å². The van der Waals surface area contributed by atoms with Crippen molar-refractivity contribution in [2.45, 2.75) is 26.8 Å². The maximum atomic E-state index is 12.6. The summed E-state index contributed by atoms with van der Waals surface area (Å²) in [6, 6.07) is 11.5. The second kappa shape index (κ2) is 11.3. The molecule has 0 heterocycles. The van der Waals surface area contributed by atoms with Crippen molar-refractivity contribution in [3.05, 3.63) is 58.7 Å². The number of hydrogen-bond donors (Lipinski definition) is 4. The average molecular weight is 416 g/mol. The molecule has 0 saturated carbocycles. The third-order valence-electron chi connectivity index (χ3n) is 4.14. The maximum absolute atomic E-state index is 12.6. The van der Waals surface area contributed by atoms with Crippen LogP contribution in [0.5, 0.6) is 0 Å². The van der Waals surface area contributed by atoms with E-state index in [1.807, 2.05) is 57.2 Å². The Morgan fingerprint density at radius 2 is 1.77 bits per heavy atom. The minimum atomic E-state index is -0.120. The van der Waals surface area contributed by atoms with Gasteiger partial charge in [0.1, 0.15) is 0 Å². The molecule has 4 N–H and O–H groups in total. The van der Waals surface area contributed by atoms with Crippen molar-refractivity contribution >= 4 is 54.7 Å². The van der Waals surface area contributed by atoms with Crippen LogP contribution < -0.4 is 16.4 Å². The van der Waals surface area contributed by atoms with Crippen molar-refractivity contribution in [2.75, 3.05) is 22.9 Å².